The van der Waals surface area contributed by atoms with Crippen molar-refractivity contribution in [3.63, 3.8) is 0 Å². The Kier molecular flexibility index (Phi) is 3.08. The number of carbonyl (C=O) groups excluding carboxylic acids is 2. The normalized spacial score (nSPS) is 8.75. The van der Waals surface area contributed by atoms with E-state index in [0.717, 1.165) is 0 Å². The summed E-state index contributed by atoms with van der Waals surface area (Å²) in [5.41, 5.74) is 0. The fraction of sp³-hybridized carbons (Fsp3) is 0.500. The minimum Gasteiger partial charge on any atom is -0.336 e. The Morgan fingerprint density at radius 2 is 2.00 bits per heavy atom. The van der Waals surface area contributed by atoms with Crippen molar-refractivity contribution in [3.05, 3.63) is 6.92 Å². The molecule has 8 heavy (non-hydrogen) atoms. The first-order valence-corrected chi connectivity index (χ1v) is 2.47. The predicted octanol–water partition coefficient (Wildman–Crippen LogP) is 0.759. The third-order valence-electron chi connectivity index (χ3n) is 0.725. The van der Waals surface area contributed by atoms with Crippen LogP contribution in [-0.2, 0) is 9.59 Å². The molecule has 0 radical (unpaired) electrons. The van der Waals surface area contributed by atoms with Crippen molar-refractivity contribution >= 4 is 11.6 Å². The van der Waals surface area contributed by atoms with E-state index in [1.165, 1.54) is 6.92 Å². The van der Waals surface area contributed by atoms with Crippen LogP contribution in [0, 0.1) is 6.92 Å². The van der Waals surface area contributed by atoms with Gasteiger partial charge in [-0.15, -0.1) is 6.42 Å². The molecule has 2 nitrogen and oxygen atoms in total. The Hall–Kier alpha value is -0.660. The minimum absolute atomic E-state index is 0.0451. The summed E-state index contributed by atoms with van der Waals surface area (Å²) in [6.45, 7) is 4.73. The van der Waals surface area contributed by atoms with Gasteiger partial charge in [0, 0.05) is 0 Å². The molecule has 2 heteroatoms. The van der Waals surface area contributed by atoms with E-state index in [1.807, 2.05) is 0 Å². The second kappa shape index (κ2) is 3.36. The van der Waals surface area contributed by atoms with Crippen LogP contribution < -0.4 is 0 Å². The van der Waals surface area contributed by atoms with Crippen molar-refractivity contribution in [2.75, 3.05) is 0 Å². The summed E-state index contributed by atoms with van der Waals surface area (Å²) < 4.78 is 0. The van der Waals surface area contributed by atoms with Gasteiger partial charge in [-0.3, -0.25) is 4.79 Å². The minimum atomic E-state index is -0.0856. The molecule has 0 heterocycles. The average Bonchev–Trinajstić information content (AvgIpc) is 1.65. The fourth-order valence-corrected chi connectivity index (χ4v) is 0.366. The van der Waals surface area contributed by atoms with Crippen LogP contribution >= 0.6 is 0 Å². The molecule has 0 aliphatic carbocycles. The number of ketones is 2. The van der Waals surface area contributed by atoms with Crippen LogP contribution in [0.4, 0.5) is 0 Å². The fourth-order valence-electron chi connectivity index (χ4n) is 0.366. The van der Waals surface area contributed by atoms with Crippen molar-refractivity contribution in [1.82, 2.24) is 0 Å². The summed E-state index contributed by atoms with van der Waals surface area (Å²) >= 11 is 0. The van der Waals surface area contributed by atoms with Gasteiger partial charge in [-0.25, -0.2) is 0 Å². The highest BCUT2D eigenvalue weighted by atomic mass is 16.1. The molecule has 0 unspecified atom stereocenters. The lowest BCUT2D eigenvalue weighted by Crippen LogP contribution is -2.01. The molecule has 0 aromatic carbocycles. The van der Waals surface area contributed by atoms with Crippen molar-refractivity contribution in [3.8, 4) is 0 Å². The Balaban J connectivity index is 3.40. The molecule has 0 aliphatic rings. The Labute approximate surface area is 48.9 Å². The highest BCUT2D eigenvalue weighted by molar-refractivity contribution is 5.98. The Morgan fingerprint density at radius 1 is 1.50 bits per heavy atom. The van der Waals surface area contributed by atoms with Crippen molar-refractivity contribution in [1.29, 1.82) is 0 Å². The van der Waals surface area contributed by atoms with Gasteiger partial charge in [0.1, 0.15) is 11.6 Å². The summed E-state index contributed by atoms with van der Waals surface area (Å²) in [5.74, 6) is -0.170. The SMILES string of the molecule is [CH2-]CC(=O)CC(C)=O. The lowest BCUT2D eigenvalue weighted by molar-refractivity contribution is -0.125. The molecule has 0 saturated carbocycles. The monoisotopic (exact) mass is 113 g/mol. The van der Waals surface area contributed by atoms with Gasteiger partial charge in [-0.2, -0.15) is 0 Å². The zero-order chi connectivity index (χ0) is 6.57. The lowest BCUT2D eigenvalue weighted by Gasteiger charge is -1.92. The first-order chi connectivity index (χ1) is 3.66. The van der Waals surface area contributed by atoms with Crippen LogP contribution in [0.5, 0.6) is 0 Å². The van der Waals surface area contributed by atoms with Gasteiger partial charge in [0.25, 0.3) is 0 Å². The number of Topliss-reactive ketones (excluding diaryl/α,β-unsaturated/α-hetero) is 2. The highest BCUT2D eigenvalue weighted by Crippen LogP contribution is 1.87. The number of carbonyl (C=O) groups is 2. The maximum absolute atomic E-state index is 10.3. The molecule has 46 valence electrons. The van der Waals surface area contributed by atoms with Gasteiger partial charge >= 0.3 is 0 Å². The highest BCUT2D eigenvalue weighted by Gasteiger charge is 1.96. The molecular weight excluding hydrogens is 104 g/mol. The largest absolute Gasteiger partial charge is 0.336 e. The standard InChI is InChI=1S/C6H9O2/c1-3-6(8)4-5(2)7/h1,3-4H2,2H3/q-1. The van der Waals surface area contributed by atoms with Crippen LogP contribution in [0.2, 0.25) is 0 Å². The Bertz CT molecular complexity index is 105. The molecule has 0 spiro atoms. The van der Waals surface area contributed by atoms with E-state index in [0.29, 0.717) is 0 Å². The van der Waals surface area contributed by atoms with Crippen LogP contribution in [0.15, 0.2) is 0 Å². The second-order valence-corrected chi connectivity index (χ2v) is 1.67. The summed E-state index contributed by atoms with van der Waals surface area (Å²) in [6.07, 6.45) is 0.267. The van der Waals surface area contributed by atoms with Crippen LogP contribution in [0.25, 0.3) is 0 Å². The van der Waals surface area contributed by atoms with Crippen LogP contribution in [-0.4, -0.2) is 11.6 Å². The molecule has 0 N–H and O–H groups in total. The van der Waals surface area contributed by atoms with Gasteiger partial charge < -0.3 is 11.7 Å². The van der Waals surface area contributed by atoms with Gasteiger partial charge in [0.2, 0.25) is 0 Å². The van der Waals surface area contributed by atoms with Gasteiger partial charge in [-0.1, -0.05) is 0 Å². The smallest absolute Gasteiger partial charge is 0.137 e. The number of hydrogen-bond acceptors (Lipinski definition) is 2. The van der Waals surface area contributed by atoms with E-state index in [2.05, 4.69) is 6.92 Å². The van der Waals surface area contributed by atoms with Crippen LogP contribution in [0.3, 0.4) is 0 Å². The first-order valence-electron chi connectivity index (χ1n) is 2.47. The van der Waals surface area contributed by atoms with E-state index < -0.39 is 0 Å². The third kappa shape index (κ3) is 3.53. The van der Waals surface area contributed by atoms with E-state index in [4.69, 9.17) is 0 Å². The topological polar surface area (TPSA) is 34.1 Å². The summed E-state index contributed by atoms with van der Waals surface area (Å²) in [5, 5.41) is 0. The van der Waals surface area contributed by atoms with Crippen molar-refractivity contribution < 1.29 is 9.59 Å². The maximum Gasteiger partial charge on any atom is 0.137 e. The van der Waals surface area contributed by atoms with E-state index >= 15 is 0 Å². The molecule has 0 fully saturated rings. The second-order valence-electron chi connectivity index (χ2n) is 1.67. The molecule has 0 aromatic rings. The van der Waals surface area contributed by atoms with Crippen molar-refractivity contribution in [2.45, 2.75) is 19.8 Å². The van der Waals surface area contributed by atoms with Crippen molar-refractivity contribution in [2.24, 2.45) is 0 Å². The lowest BCUT2D eigenvalue weighted by atomic mass is 10.2. The molecule has 0 aromatic heterocycles. The number of hydrogen-bond donors (Lipinski definition) is 0. The molecule has 0 rings (SSSR count). The zero-order valence-electron chi connectivity index (χ0n) is 4.94. The molecule has 0 saturated heterocycles. The van der Waals surface area contributed by atoms with Gasteiger partial charge in [0.15, 0.2) is 0 Å². The summed E-state index contributed by atoms with van der Waals surface area (Å²) in [6, 6.07) is 0. The average molecular weight is 113 g/mol. The molecule has 0 bridgehead atoms. The third-order valence-corrected chi connectivity index (χ3v) is 0.725. The molecule has 0 aliphatic heterocycles. The van der Waals surface area contributed by atoms with Crippen LogP contribution in [0.1, 0.15) is 19.8 Å². The first kappa shape index (κ1) is 7.34. The van der Waals surface area contributed by atoms with E-state index in [9.17, 15) is 9.59 Å². The summed E-state index contributed by atoms with van der Waals surface area (Å²) in [7, 11) is 0. The van der Waals surface area contributed by atoms with E-state index in [1.54, 1.807) is 0 Å². The Morgan fingerprint density at radius 3 is 2.12 bits per heavy atom. The number of rotatable bonds is 3. The maximum atomic E-state index is 10.3. The predicted molar refractivity (Wildman–Crippen MR) is 30.3 cm³/mol. The van der Waals surface area contributed by atoms with Gasteiger partial charge in [0.05, 0.1) is 6.42 Å². The van der Waals surface area contributed by atoms with Gasteiger partial charge in [-0.05, 0) is 6.92 Å². The quantitative estimate of drug-likeness (QED) is 0.400. The molecule has 0 amide bonds. The molecular formula is C6H9O2-. The van der Waals surface area contributed by atoms with E-state index in [-0.39, 0.29) is 24.4 Å². The molecule has 0 atom stereocenters. The zero-order valence-corrected chi connectivity index (χ0v) is 4.94. The summed E-state index contributed by atoms with van der Waals surface area (Å²) in [4.78, 5) is 20.5.